The van der Waals surface area contributed by atoms with Gasteiger partial charge in [-0.05, 0) is 30.2 Å². The van der Waals surface area contributed by atoms with E-state index in [2.05, 4.69) is 5.32 Å². The van der Waals surface area contributed by atoms with Gasteiger partial charge in [0.1, 0.15) is 23.3 Å². The van der Waals surface area contributed by atoms with E-state index in [-0.39, 0.29) is 17.4 Å². The molecule has 1 atom stereocenters. The summed E-state index contributed by atoms with van der Waals surface area (Å²) in [5.74, 6) is -0.00102. The smallest absolute Gasteiger partial charge is 0.143 e. The Morgan fingerprint density at radius 1 is 1.14 bits per heavy atom. The number of benzene rings is 2. The topological polar surface area (TPSA) is 35.8 Å². The van der Waals surface area contributed by atoms with Crippen LogP contribution in [0, 0.1) is 23.0 Å². The van der Waals surface area contributed by atoms with Gasteiger partial charge in [0.2, 0.25) is 0 Å². The van der Waals surface area contributed by atoms with Crippen LogP contribution in [0.15, 0.2) is 41.3 Å². The van der Waals surface area contributed by atoms with Crippen molar-refractivity contribution in [3.63, 3.8) is 0 Å². The van der Waals surface area contributed by atoms with Crippen LogP contribution in [0.1, 0.15) is 23.6 Å². The van der Waals surface area contributed by atoms with E-state index in [1.54, 1.807) is 18.2 Å². The maximum atomic E-state index is 13.8. The molecule has 0 bridgehead atoms. The predicted molar refractivity (Wildman–Crippen MR) is 79.2 cm³/mol. The Hall–Kier alpha value is -2.06. The van der Waals surface area contributed by atoms with E-state index in [0.29, 0.717) is 10.6 Å². The molecule has 21 heavy (non-hydrogen) atoms. The summed E-state index contributed by atoms with van der Waals surface area (Å²) < 4.78 is 27.5. The van der Waals surface area contributed by atoms with Crippen LogP contribution >= 0.6 is 11.8 Å². The molecular weight excluding hydrogens is 290 g/mol. The first-order valence-corrected chi connectivity index (χ1v) is 7.55. The zero-order chi connectivity index (χ0) is 14.8. The lowest BCUT2D eigenvalue weighted by Gasteiger charge is -2.27. The van der Waals surface area contributed by atoms with Crippen molar-refractivity contribution in [3.05, 3.63) is 59.2 Å². The van der Waals surface area contributed by atoms with E-state index in [9.17, 15) is 8.78 Å². The van der Waals surface area contributed by atoms with Crippen LogP contribution in [0.3, 0.4) is 0 Å². The lowest BCUT2D eigenvalue weighted by molar-refractivity contribution is 0.584. The highest BCUT2D eigenvalue weighted by Crippen LogP contribution is 2.39. The van der Waals surface area contributed by atoms with Gasteiger partial charge in [0.05, 0.1) is 11.7 Å². The standard InChI is InChI=1S/C16H12F2N2S/c17-12-4-2-6-14(11(12)9-19)20-15-7-8-21-16-10(15)3-1-5-13(16)18/h1-6,15,20H,7-8H2. The highest BCUT2D eigenvalue weighted by Gasteiger charge is 2.24. The summed E-state index contributed by atoms with van der Waals surface area (Å²) in [6, 6.07) is 11.2. The summed E-state index contributed by atoms with van der Waals surface area (Å²) in [4.78, 5) is 0.635. The fourth-order valence-corrected chi connectivity index (χ4v) is 3.62. The summed E-state index contributed by atoms with van der Waals surface area (Å²) >= 11 is 1.49. The van der Waals surface area contributed by atoms with Crippen LogP contribution < -0.4 is 5.32 Å². The normalized spacial score (nSPS) is 16.9. The molecule has 2 aromatic carbocycles. The first kappa shape index (κ1) is 13.9. The van der Waals surface area contributed by atoms with Crippen molar-refractivity contribution in [1.29, 1.82) is 5.26 Å². The van der Waals surface area contributed by atoms with Gasteiger partial charge in [0, 0.05) is 10.6 Å². The number of nitrogens with one attached hydrogen (secondary N) is 1. The summed E-state index contributed by atoms with van der Waals surface area (Å²) in [5, 5.41) is 12.3. The number of anilines is 1. The van der Waals surface area contributed by atoms with Gasteiger partial charge in [0.25, 0.3) is 0 Å². The molecule has 1 heterocycles. The molecule has 0 saturated heterocycles. The third-order valence-corrected chi connectivity index (χ3v) is 4.64. The summed E-state index contributed by atoms with van der Waals surface area (Å²) in [6.07, 6.45) is 0.794. The Bertz CT molecular complexity index is 725. The van der Waals surface area contributed by atoms with E-state index in [1.807, 2.05) is 12.1 Å². The van der Waals surface area contributed by atoms with Crippen molar-refractivity contribution in [3.8, 4) is 6.07 Å². The molecule has 0 aromatic heterocycles. The SMILES string of the molecule is N#Cc1c(F)cccc1NC1CCSc2c(F)cccc21. The van der Waals surface area contributed by atoms with E-state index in [1.165, 1.54) is 23.9 Å². The van der Waals surface area contributed by atoms with Crippen molar-refractivity contribution in [2.24, 2.45) is 0 Å². The molecule has 106 valence electrons. The Balaban J connectivity index is 1.97. The minimum atomic E-state index is -0.549. The molecule has 1 N–H and O–H groups in total. The van der Waals surface area contributed by atoms with Crippen molar-refractivity contribution < 1.29 is 8.78 Å². The maximum Gasteiger partial charge on any atom is 0.143 e. The van der Waals surface area contributed by atoms with Gasteiger partial charge >= 0.3 is 0 Å². The maximum absolute atomic E-state index is 13.8. The second-order valence-corrected chi connectivity index (χ2v) is 5.87. The van der Waals surface area contributed by atoms with Crippen molar-refractivity contribution >= 4 is 17.4 Å². The van der Waals surface area contributed by atoms with Crippen LogP contribution in [0.25, 0.3) is 0 Å². The van der Waals surface area contributed by atoms with Gasteiger partial charge < -0.3 is 5.32 Å². The average Bonchev–Trinajstić information content (AvgIpc) is 2.49. The number of halogens is 2. The van der Waals surface area contributed by atoms with E-state index in [0.717, 1.165) is 17.7 Å². The van der Waals surface area contributed by atoms with Crippen molar-refractivity contribution in [2.75, 3.05) is 11.1 Å². The Morgan fingerprint density at radius 3 is 2.71 bits per heavy atom. The minimum Gasteiger partial charge on any atom is -0.377 e. The first-order chi connectivity index (χ1) is 10.2. The molecule has 1 aliphatic heterocycles. The van der Waals surface area contributed by atoms with Crippen molar-refractivity contribution in [1.82, 2.24) is 0 Å². The largest absolute Gasteiger partial charge is 0.377 e. The van der Waals surface area contributed by atoms with Gasteiger partial charge in [-0.3, -0.25) is 0 Å². The van der Waals surface area contributed by atoms with Gasteiger partial charge in [-0.15, -0.1) is 11.8 Å². The van der Waals surface area contributed by atoms with Crippen LogP contribution in [-0.4, -0.2) is 5.75 Å². The quantitative estimate of drug-likeness (QED) is 0.888. The Kier molecular flexibility index (Phi) is 3.80. The lowest BCUT2D eigenvalue weighted by Crippen LogP contribution is -2.17. The fourth-order valence-electron chi connectivity index (χ4n) is 2.48. The molecule has 5 heteroatoms. The Labute approximate surface area is 125 Å². The first-order valence-electron chi connectivity index (χ1n) is 6.57. The average molecular weight is 302 g/mol. The number of hydrogen-bond donors (Lipinski definition) is 1. The van der Waals surface area contributed by atoms with Gasteiger partial charge in [-0.1, -0.05) is 18.2 Å². The molecule has 1 unspecified atom stereocenters. The lowest BCUT2D eigenvalue weighted by atomic mass is 10.0. The molecule has 0 radical (unpaired) electrons. The summed E-state index contributed by atoms with van der Waals surface area (Å²) in [6.45, 7) is 0. The number of fused-ring (bicyclic) bond motifs is 1. The highest BCUT2D eigenvalue weighted by atomic mass is 32.2. The molecular formula is C16H12F2N2S. The highest BCUT2D eigenvalue weighted by molar-refractivity contribution is 7.99. The monoisotopic (exact) mass is 302 g/mol. The predicted octanol–water partition coefficient (Wildman–Crippen LogP) is 4.49. The third-order valence-electron chi connectivity index (χ3n) is 3.48. The molecule has 0 fully saturated rings. The van der Waals surface area contributed by atoms with Crippen LogP contribution in [-0.2, 0) is 0 Å². The van der Waals surface area contributed by atoms with Crippen LogP contribution in [0.2, 0.25) is 0 Å². The number of thioether (sulfide) groups is 1. The van der Waals surface area contributed by atoms with Gasteiger partial charge in [0.15, 0.2) is 0 Å². The zero-order valence-corrected chi connectivity index (χ0v) is 11.9. The molecule has 1 aliphatic rings. The fraction of sp³-hybridized carbons (Fsp3) is 0.188. The van der Waals surface area contributed by atoms with E-state index >= 15 is 0 Å². The molecule has 2 aromatic rings. The molecule has 0 aliphatic carbocycles. The van der Waals surface area contributed by atoms with Gasteiger partial charge in [-0.25, -0.2) is 8.78 Å². The molecule has 0 spiro atoms. The number of rotatable bonds is 2. The molecule has 3 rings (SSSR count). The minimum absolute atomic E-state index is 0.00585. The second-order valence-electron chi connectivity index (χ2n) is 4.77. The second kappa shape index (κ2) is 5.74. The third kappa shape index (κ3) is 2.59. The van der Waals surface area contributed by atoms with Crippen LogP contribution in [0.4, 0.5) is 14.5 Å². The van der Waals surface area contributed by atoms with E-state index < -0.39 is 5.82 Å². The van der Waals surface area contributed by atoms with Crippen LogP contribution in [0.5, 0.6) is 0 Å². The number of hydrogen-bond acceptors (Lipinski definition) is 3. The summed E-state index contributed by atoms with van der Waals surface area (Å²) in [5.41, 5.74) is 1.30. The molecule has 2 nitrogen and oxygen atoms in total. The van der Waals surface area contributed by atoms with Crippen molar-refractivity contribution in [2.45, 2.75) is 17.4 Å². The number of nitrogens with zero attached hydrogens (tertiary/aromatic N) is 1. The zero-order valence-electron chi connectivity index (χ0n) is 11.1. The molecule has 0 saturated carbocycles. The Morgan fingerprint density at radius 2 is 1.90 bits per heavy atom. The summed E-state index contributed by atoms with van der Waals surface area (Å²) in [7, 11) is 0. The van der Waals surface area contributed by atoms with Gasteiger partial charge in [-0.2, -0.15) is 5.26 Å². The van der Waals surface area contributed by atoms with E-state index in [4.69, 9.17) is 5.26 Å². The molecule has 0 amide bonds. The number of nitriles is 1.